The minimum atomic E-state index is -4.35. The summed E-state index contributed by atoms with van der Waals surface area (Å²) in [4.78, 5) is 12.2. The Morgan fingerprint density at radius 1 is 1.05 bits per heavy atom. The van der Waals surface area contributed by atoms with E-state index < -0.39 is 15.4 Å². The maximum absolute atomic E-state index is 12.2. The Labute approximate surface area is 124 Å². The molecule has 2 rings (SSSR count). The van der Waals surface area contributed by atoms with E-state index in [9.17, 15) is 17.8 Å². The molecule has 0 saturated heterocycles. The van der Waals surface area contributed by atoms with Gasteiger partial charge in [-0.1, -0.05) is 60.2 Å². The van der Waals surface area contributed by atoms with Gasteiger partial charge in [0.15, 0.2) is 5.78 Å². The minimum Gasteiger partial charge on any atom is -0.294 e. The lowest BCUT2D eigenvalue weighted by Gasteiger charge is -2.13. The summed E-state index contributed by atoms with van der Waals surface area (Å²) < 4.78 is 32.5. The van der Waals surface area contributed by atoms with Crippen LogP contribution in [0.5, 0.6) is 0 Å². The van der Waals surface area contributed by atoms with Crippen LogP contribution in [0.15, 0.2) is 54.6 Å². The smallest absolute Gasteiger partial charge is 0.272 e. The molecule has 2 aromatic carbocycles. The van der Waals surface area contributed by atoms with Crippen LogP contribution in [-0.2, 0) is 10.1 Å². The fourth-order valence-corrected chi connectivity index (χ4v) is 2.95. The number of benzene rings is 2. The van der Waals surface area contributed by atoms with Crippen LogP contribution in [0.4, 0.5) is 0 Å². The molecular formula is C16H16O4S. The summed E-state index contributed by atoms with van der Waals surface area (Å²) in [6.45, 7) is 1.90. The highest BCUT2D eigenvalue weighted by atomic mass is 32.2. The first-order chi connectivity index (χ1) is 9.88. The van der Waals surface area contributed by atoms with Crippen molar-refractivity contribution in [3.63, 3.8) is 0 Å². The number of ketones is 1. The summed E-state index contributed by atoms with van der Waals surface area (Å²) in [7, 11) is -4.35. The normalized spacial score (nSPS) is 12.9. The number of hydrogen-bond donors (Lipinski definition) is 1. The van der Waals surface area contributed by atoms with E-state index in [1.165, 1.54) is 0 Å². The minimum absolute atomic E-state index is 0.286. The van der Waals surface area contributed by atoms with Gasteiger partial charge < -0.3 is 0 Å². The maximum Gasteiger partial charge on any atom is 0.272 e. The van der Waals surface area contributed by atoms with Gasteiger partial charge >= 0.3 is 0 Å². The molecule has 0 bridgehead atoms. The molecule has 1 atom stereocenters. The topological polar surface area (TPSA) is 71.4 Å². The van der Waals surface area contributed by atoms with Gasteiger partial charge in [0.2, 0.25) is 0 Å². The molecule has 0 radical (unpaired) electrons. The molecule has 0 amide bonds. The predicted octanol–water partition coefficient (Wildman–Crippen LogP) is 3.20. The molecule has 110 valence electrons. The zero-order valence-corrected chi connectivity index (χ0v) is 12.4. The van der Waals surface area contributed by atoms with Gasteiger partial charge in [-0.25, -0.2) is 0 Å². The van der Waals surface area contributed by atoms with Gasteiger partial charge in [-0.3, -0.25) is 9.35 Å². The van der Waals surface area contributed by atoms with Crippen LogP contribution in [0.2, 0.25) is 0 Å². The fraction of sp³-hybridized carbons (Fsp3) is 0.188. The number of carbonyl (C=O) groups is 1. The van der Waals surface area contributed by atoms with Crippen molar-refractivity contribution in [2.75, 3.05) is 0 Å². The molecule has 0 heterocycles. The Morgan fingerprint density at radius 2 is 1.62 bits per heavy atom. The highest BCUT2D eigenvalue weighted by Gasteiger charge is 2.28. The van der Waals surface area contributed by atoms with Crippen molar-refractivity contribution < 1.29 is 17.8 Å². The Hall–Kier alpha value is -1.98. The fourth-order valence-electron chi connectivity index (χ4n) is 2.09. The molecule has 2 aromatic rings. The van der Waals surface area contributed by atoms with Crippen LogP contribution in [0.3, 0.4) is 0 Å². The number of Topliss-reactive ketones (excluding diaryl/α,β-unsaturated/α-hetero) is 1. The lowest BCUT2D eigenvalue weighted by molar-refractivity contribution is 0.0979. The third-order valence-electron chi connectivity index (χ3n) is 3.28. The van der Waals surface area contributed by atoms with E-state index in [-0.39, 0.29) is 12.2 Å². The van der Waals surface area contributed by atoms with Gasteiger partial charge in [-0.05, 0) is 12.5 Å². The van der Waals surface area contributed by atoms with Crippen LogP contribution in [0, 0.1) is 6.92 Å². The molecule has 0 aromatic heterocycles. The van der Waals surface area contributed by atoms with Gasteiger partial charge in [0, 0.05) is 12.0 Å². The van der Waals surface area contributed by atoms with Crippen LogP contribution >= 0.6 is 0 Å². The summed E-state index contributed by atoms with van der Waals surface area (Å²) in [6, 6.07) is 15.1. The van der Waals surface area contributed by atoms with Gasteiger partial charge in [0.05, 0.1) is 0 Å². The average molecular weight is 304 g/mol. The largest absolute Gasteiger partial charge is 0.294 e. The predicted molar refractivity (Wildman–Crippen MR) is 80.9 cm³/mol. The highest BCUT2D eigenvalue weighted by molar-refractivity contribution is 7.86. The lowest BCUT2D eigenvalue weighted by atomic mass is 10.0. The lowest BCUT2D eigenvalue weighted by Crippen LogP contribution is -2.16. The first-order valence-electron chi connectivity index (χ1n) is 6.49. The highest BCUT2D eigenvalue weighted by Crippen LogP contribution is 2.26. The van der Waals surface area contributed by atoms with E-state index in [1.807, 2.05) is 6.92 Å². The summed E-state index contributed by atoms with van der Waals surface area (Å²) >= 11 is 0. The number of aryl methyl sites for hydroxylation is 1. The van der Waals surface area contributed by atoms with Crippen LogP contribution in [0.1, 0.15) is 33.2 Å². The van der Waals surface area contributed by atoms with Crippen molar-refractivity contribution >= 4 is 15.9 Å². The molecule has 0 aliphatic rings. The Kier molecular flexibility index (Phi) is 4.55. The van der Waals surface area contributed by atoms with E-state index in [1.54, 1.807) is 54.6 Å². The van der Waals surface area contributed by atoms with Crippen molar-refractivity contribution in [2.24, 2.45) is 0 Å². The van der Waals surface area contributed by atoms with Crippen LogP contribution in [-0.4, -0.2) is 18.8 Å². The Balaban J connectivity index is 2.28. The summed E-state index contributed by atoms with van der Waals surface area (Å²) in [6.07, 6.45) is -0.286. The van der Waals surface area contributed by atoms with E-state index in [0.717, 1.165) is 5.56 Å². The number of carbonyl (C=O) groups excluding carboxylic acids is 1. The molecule has 1 unspecified atom stereocenters. The summed E-state index contributed by atoms with van der Waals surface area (Å²) in [5, 5.41) is -1.24. The third kappa shape index (κ3) is 4.00. The van der Waals surface area contributed by atoms with Crippen molar-refractivity contribution in [1.29, 1.82) is 0 Å². The molecule has 0 aliphatic heterocycles. The van der Waals surface area contributed by atoms with E-state index in [0.29, 0.717) is 11.1 Å². The van der Waals surface area contributed by atoms with Crippen molar-refractivity contribution in [3.8, 4) is 0 Å². The second-order valence-corrected chi connectivity index (χ2v) is 6.51. The number of hydrogen-bond acceptors (Lipinski definition) is 3. The molecule has 0 fully saturated rings. The number of rotatable bonds is 5. The first-order valence-corrected chi connectivity index (χ1v) is 7.99. The molecule has 5 heteroatoms. The second kappa shape index (κ2) is 6.20. The Morgan fingerprint density at radius 3 is 2.14 bits per heavy atom. The van der Waals surface area contributed by atoms with Crippen molar-refractivity contribution in [1.82, 2.24) is 0 Å². The van der Waals surface area contributed by atoms with Gasteiger partial charge in [0.1, 0.15) is 5.25 Å². The van der Waals surface area contributed by atoms with Crippen LogP contribution < -0.4 is 0 Å². The van der Waals surface area contributed by atoms with Crippen molar-refractivity contribution in [2.45, 2.75) is 18.6 Å². The van der Waals surface area contributed by atoms with E-state index in [2.05, 4.69) is 0 Å². The average Bonchev–Trinajstić information content (AvgIpc) is 2.45. The zero-order chi connectivity index (χ0) is 15.5. The molecular weight excluding hydrogens is 288 g/mol. The molecule has 0 aliphatic carbocycles. The molecule has 0 spiro atoms. The van der Waals surface area contributed by atoms with Crippen LogP contribution in [0.25, 0.3) is 0 Å². The van der Waals surface area contributed by atoms with Gasteiger partial charge in [-0.15, -0.1) is 0 Å². The van der Waals surface area contributed by atoms with Gasteiger partial charge in [-0.2, -0.15) is 8.42 Å². The maximum atomic E-state index is 12.2. The third-order valence-corrected chi connectivity index (χ3v) is 4.43. The van der Waals surface area contributed by atoms with E-state index in [4.69, 9.17) is 0 Å². The van der Waals surface area contributed by atoms with Crippen molar-refractivity contribution in [3.05, 3.63) is 71.3 Å². The monoisotopic (exact) mass is 304 g/mol. The molecule has 21 heavy (non-hydrogen) atoms. The zero-order valence-electron chi connectivity index (χ0n) is 11.6. The summed E-state index contributed by atoms with van der Waals surface area (Å²) in [5.41, 5.74) is 1.85. The van der Waals surface area contributed by atoms with Gasteiger partial charge in [0.25, 0.3) is 10.1 Å². The quantitative estimate of drug-likeness (QED) is 0.680. The van der Waals surface area contributed by atoms with E-state index >= 15 is 0 Å². The molecule has 4 nitrogen and oxygen atoms in total. The molecule has 1 N–H and O–H groups in total. The first kappa shape index (κ1) is 15.4. The molecule has 0 saturated carbocycles. The second-order valence-electron chi connectivity index (χ2n) is 4.91. The Bertz CT molecular complexity index is 719. The summed E-state index contributed by atoms with van der Waals surface area (Å²) in [5.74, 6) is -0.318. The SMILES string of the molecule is Cc1ccc(C(=O)CC(c2ccccc2)S(=O)(=O)O)cc1. The standard InChI is InChI=1S/C16H16O4S/c1-12-7-9-13(10-8-12)15(17)11-16(21(18,19)20)14-5-3-2-4-6-14/h2-10,16H,11H2,1H3,(H,18,19,20).